The van der Waals surface area contributed by atoms with Gasteiger partial charge in [0, 0.05) is 51.4 Å². The predicted octanol–water partition coefficient (Wildman–Crippen LogP) is 1.55. The maximum atomic E-state index is 12.9. The van der Waals surface area contributed by atoms with Crippen LogP contribution in [-0.2, 0) is 4.79 Å². The largest absolute Gasteiger partial charge is 0.395 e. The molecule has 1 aromatic carbocycles. The molecule has 2 saturated heterocycles. The summed E-state index contributed by atoms with van der Waals surface area (Å²) < 4.78 is 1.44. The maximum absolute atomic E-state index is 12.9. The lowest BCUT2D eigenvalue weighted by atomic mass is 9.84. The molecule has 4 N–H and O–H groups in total. The number of hydrogen-bond acceptors (Lipinski definition) is 12. The topological polar surface area (TPSA) is 182 Å². The summed E-state index contributed by atoms with van der Waals surface area (Å²) in [4.78, 5) is 28.0. The Morgan fingerprint density at radius 1 is 1.14 bits per heavy atom. The quantitative estimate of drug-likeness (QED) is 0.257. The summed E-state index contributed by atoms with van der Waals surface area (Å²) in [6.45, 7) is 5.00. The molecule has 1 aliphatic carbocycles. The molecule has 0 bridgehead atoms. The Balaban J connectivity index is 1.16. The number of aliphatic hydroxyl groups excluding tert-OH is 2. The Labute approximate surface area is 259 Å². The lowest BCUT2D eigenvalue weighted by Gasteiger charge is -2.50. The highest BCUT2D eigenvalue weighted by molar-refractivity contribution is 6.36. The summed E-state index contributed by atoms with van der Waals surface area (Å²) >= 11 is 6.93. The second-order valence-corrected chi connectivity index (χ2v) is 12.0. The van der Waals surface area contributed by atoms with Crippen molar-refractivity contribution in [1.82, 2.24) is 29.4 Å². The van der Waals surface area contributed by atoms with Gasteiger partial charge in [0.05, 0.1) is 52.9 Å². The van der Waals surface area contributed by atoms with Crippen LogP contribution in [0.4, 0.5) is 23.1 Å². The number of fused-ring (bicyclic) bond motifs is 1. The highest BCUT2D eigenvalue weighted by Crippen LogP contribution is 2.37. The van der Waals surface area contributed by atoms with E-state index in [1.807, 2.05) is 0 Å². The van der Waals surface area contributed by atoms with E-state index in [-0.39, 0.29) is 36.8 Å². The van der Waals surface area contributed by atoms with Gasteiger partial charge in [0.1, 0.15) is 6.07 Å². The lowest BCUT2D eigenvalue weighted by molar-refractivity contribution is -0.156. The van der Waals surface area contributed by atoms with Crippen LogP contribution < -0.4 is 15.5 Å². The first kappa shape index (κ1) is 29.8. The Kier molecular flexibility index (Phi) is 8.18. The zero-order chi connectivity index (χ0) is 31.0. The van der Waals surface area contributed by atoms with Crippen LogP contribution in [-0.4, -0.2) is 110 Å². The average Bonchev–Trinajstić information content (AvgIpc) is 3.74. The zero-order valence-corrected chi connectivity index (χ0v) is 25.1. The molecule has 3 fully saturated rings. The summed E-state index contributed by atoms with van der Waals surface area (Å²) in [5.41, 5.74) is 1.21. The fraction of sp³-hybridized carbons (Fsp3) is 0.517. The maximum Gasteiger partial charge on any atom is 0.247 e. The molecule has 0 unspecified atom stereocenters. The van der Waals surface area contributed by atoms with Gasteiger partial charge in [-0.3, -0.25) is 9.69 Å². The summed E-state index contributed by atoms with van der Waals surface area (Å²) in [5, 5.41) is 50.3. The number of nitrogens with zero attached hydrogens (tertiary/aromatic N) is 9. The molecule has 15 heteroatoms. The molecule has 0 atom stereocenters. The van der Waals surface area contributed by atoms with E-state index in [4.69, 9.17) is 11.6 Å². The van der Waals surface area contributed by atoms with E-state index in [1.165, 1.54) is 10.7 Å². The molecule has 44 heavy (non-hydrogen) atoms. The highest BCUT2D eigenvalue weighted by Gasteiger charge is 2.44. The molecule has 1 amide bonds. The summed E-state index contributed by atoms with van der Waals surface area (Å²) in [5.74, 6) is 0.525. The number of anilines is 4. The first-order chi connectivity index (χ1) is 21.3. The normalized spacial score (nSPS) is 17.7. The van der Waals surface area contributed by atoms with Gasteiger partial charge in [-0.15, -0.1) is 5.10 Å². The number of piperazine rings is 1. The molecule has 2 aliphatic heterocycles. The molecule has 14 nitrogen and oxygen atoms in total. The van der Waals surface area contributed by atoms with Crippen molar-refractivity contribution in [2.75, 3.05) is 68.0 Å². The van der Waals surface area contributed by atoms with E-state index in [2.05, 4.69) is 47.6 Å². The molecular weight excluding hydrogens is 586 g/mol. The van der Waals surface area contributed by atoms with Crippen LogP contribution in [0, 0.1) is 28.1 Å². The number of halogens is 1. The number of aromatic nitrogens is 4. The summed E-state index contributed by atoms with van der Waals surface area (Å²) in [6, 6.07) is 8.24. The van der Waals surface area contributed by atoms with Gasteiger partial charge in [0.2, 0.25) is 11.9 Å². The predicted molar refractivity (Wildman–Crippen MR) is 163 cm³/mol. The Morgan fingerprint density at radius 2 is 1.86 bits per heavy atom. The van der Waals surface area contributed by atoms with Crippen LogP contribution in [0.2, 0.25) is 5.02 Å². The van der Waals surface area contributed by atoms with Gasteiger partial charge < -0.3 is 30.6 Å². The number of aliphatic hydroxyl groups is 2. The zero-order valence-electron chi connectivity index (χ0n) is 24.4. The van der Waals surface area contributed by atoms with E-state index < -0.39 is 5.41 Å². The smallest absolute Gasteiger partial charge is 0.247 e. The third-order valence-electron chi connectivity index (χ3n) is 8.88. The van der Waals surface area contributed by atoms with Gasteiger partial charge in [-0.05, 0) is 31.4 Å². The van der Waals surface area contributed by atoms with Crippen LogP contribution in [0.15, 0.2) is 18.3 Å². The van der Waals surface area contributed by atoms with Crippen molar-refractivity contribution in [3.05, 3.63) is 34.6 Å². The molecule has 0 radical (unpaired) electrons. The monoisotopic (exact) mass is 619 g/mol. The third-order valence-corrected chi connectivity index (χ3v) is 9.28. The summed E-state index contributed by atoms with van der Waals surface area (Å²) in [6.07, 6.45) is 3.89. The molecule has 2 aromatic heterocycles. The van der Waals surface area contributed by atoms with Crippen molar-refractivity contribution in [3.8, 4) is 12.1 Å². The number of amides is 1. The SMILES string of the molecule is CCC(CO)(CO)C(=O)N1CC(N2CCN(c3cc(C#N)cc(Nc4nc(NC5CC5)c5ncc(C#N)n5n4)c3Cl)CC2)C1. The Bertz CT molecular complexity index is 1630. The minimum Gasteiger partial charge on any atom is -0.395 e. The van der Waals surface area contributed by atoms with Crippen LogP contribution in [0.5, 0.6) is 0 Å². The van der Waals surface area contributed by atoms with Crippen LogP contribution in [0.3, 0.4) is 0 Å². The van der Waals surface area contributed by atoms with Crippen LogP contribution >= 0.6 is 11.6 Å². The molecular formula is C29H34ClN11O3. The van der Waals surface area contributed by atoms with Crippen molar-refractivity contribution in [3.63, 3.8) is 0 Å². The van der Waals surface area contributed by atoms with Crippen molar-refractivity contribution >= 4 is 46.3 Å². The number of benzene rings is 1. The Hall–Kier alpha value is -4.21. The number of carbonyl (C=O) groups excluding carboxylic acids is 1. The highest BCUT2D eigenvalue weighted by atomic mass is 35.5. The van der Waals surface area contributed by atoms with Crippen molar-refractivity contribution in [2.24, 2.45) is 5.41 Å². The van der Waals surface area contributed by atoms with Gasteiger partial charge in [-0.2, -0.15) is 20.0 Å². The van der Waals surface area contributed by atoms with Crippen LogP contribution in [0.25, 0.3) is 5.65 Å². The second-order valence-electron chi connectivity index (χ2n) is 11.6. The van der Waals surface area contributed by atoms with E-state index in [0.29, 0.717) is 66.4 Å². The van der Waals surface area contributed by atoms with E-state index in [1.54, 1.807) is 24.0 Å². The Morgan fingerprint density at radius 3 is 2.48 bits per heavy atom. The molecule has 6 rings (SSSR count). The number of carbonyl (C=O) groups is 1. The van der Waals surface area contributed by atoms with E-state index >= 15 is 0 Å². The van der Waals surface area contributed by atoms with Crippen molar-refractivity contribution < 1.29 is 15.0 Å². The van der Waals surface area contributed by atoms with Crippen molar-refractivity contribution in [1.29, 1.82) is 10.5 Å². The molecule has 3 aliphatic rings. The number of imidazole rings is 1. The first-order valence-electron chi connectivity index (χ1n) is 14.8. The van der Waals surface area contributed by atoms with Gasteiger partial charge in [0.15, 0.2) is 17.2 Å². The fourth-order valence-electron chi connectivity index (χ4n) is 5.72. The molecule has 3 aromatic rings. The minimum absolute atomic E-state index is 0.199. The van der Waals surface area contributed by atoms with Crippen LogP contribution in [0.1, 0.15) is 37.4 Å². The van der Waals surface area contributed by atoms with Crippen molar-refractivity contribution in [2.45, 2.75) is 38.3 Å². The third kappa shape index (κ3) is 5.46. The van der Waals surface area contributed by atoms with E-state index in [0.717, 1.165) is 31.6 Å². The number of likely N-dealkylation sites (tertiary alicyclic amines) is 1. The lowest BCUT2D eigenvalue weighted by Crippen LogP contribution is -2.66. The molecule has 0 spiro atoms. The van der Waals surface area contributed by atoms with Gasteiger partial charge in [-0.1, -0.05) is 18.5 Å². The molecule has 4 heterocycles. The second kappa shape index (κ2) is 12.1. The number of rotatable bonds is 10. The minimum atomic E-state index is -1.12. The molecule has 230 valence electrons. The number of hydrogen-bond donors (Lipinski definition) is 4. The average molecular weight is 620 g/mol. The standard InChI is InChI=1S/C29H34ClN11O3/c1-2-29(16-42,17-43)27(44)40-14-21(15-40)38-5-7-39(8-6-38)23-10-18(11-31)9-22(24(23)30)35-28-36-25(34-19-3-4-19)26-33-13-20(12-32)41(26)37-28/h9-10,13,19,21,42-43H,2-8,14-17H2,1H3,(H2,34,35,36,37). The van der Waals surface area contributed by atoms with Gasteiger partial charge in [-0.25, -0.2) is 4.98 Å². The first-order valence-corrected chi connectivity index (χ1v) is 15.1. The fourth-order valence-corrected chi connectivity index (χ4v) is 6.00. The van der Waals surface area contributed by atoms with Gasteiger partial charge >= 0.3 is 0 Å². The molecule has 1 saturated carbocycles. The van der Waals surface area contributed by atoms with E-state index in [9.17, 15) is 25.5 Å². The number of nitrogens with one attached hydrogen (secondary N) is 2. The summed E-state index contributed by atoms with van der Waals surface area (Å²) in [7, 11) is 0. The van der Waals surface area contributed by atoms with Gasteiger partial charge in [0.25, 0.3) is 0 Å². The number of nitriles is 2.